The lowest BCUT2D eigenvalue weighted by Crippen LogP contribution is -1.92. The summed E-state index contributed by atoms with van der Waals surface area (Å²) in [5, 5.41) is 0.613. The lowest BCUT2D eigenvalue weighted by molar-refractivity contribution is 0.920. The summed E-state index contributed by atoms with van der Waals surface area (Å²) < 4.78 is 0. The van der Waals surface area contributed by atoms with Crippen molar-refractivity contribution >= 4 is 23.2 Å². The van der Waals surface area contributed by atoms with Crippen LogP contribution >= 0.6 is 23.2 Å². The molecule has 0 aliphatic carbocycles. The van der Waals surface area contributed by atoms with Gasteiger partial charge in [-0.3, -0.25) is 0 Å². The van der Waals surface area contributed by atoms with Crippen molar-refractivity contribution in [3.8, 4) is 0 Å². The van der Waals surface area contributed by atoms with Crippen molar-refractivity contribution in [2.75, 3.05) is 0 Å². The van der Waals surface area contributed by atoms with E-state index in [4.69, 9.17) is 23.2 Å². The van der Waals surface area contributed by atoms with Crippen LogP contribution in [0.1, 0.15) is 26.0 Å². The molecular formula is C10H12Cl2N2. The molecule has 0 fully saturated rings. The van der Waals surface area contributed by atoms with Crippen molar-refractivity contribution in [1.82, 2.24) is 9.97 Å². The Morgan fingerprint density at radius 1 is 1.36 bits per heavy atom. The number of hydrogen-bond donors (Lipinski definition) is 0. The lowest BCUT2D eigenvalue weighted by atomic mass is 10.2. The Kier molecular flexibility index (Phi) is 4.36. The number of hydrogen-bond acceptors (Lipinski definition) is 2. The molecule has 4 heteroatoms. The molecule has 1 aromatic heterocycles. The number of rotatable bonds is 3. The molecule has 0 amide bonds. The molecule has 76 valence electrons. The SMILES string of the molecule is CC(C)=CCCc1cc(Cl)nc(Cl)n1. The van der Waals surface area contributed by atoms with Crippen LogP contribution in [-0.2, 0) is 6.42 Å². The van der Waals surface area contributed by atoms with Crippen LogP contribution in [0.5, 0.6) is 0 Å². The number of aromatic nitrogens is 2. The van der Waals surface area contributed by atoms with Crippen molar-refractivity contribution in [2.45, 2.75) is 26.7 Å². The van der Waals surface area contributed by atoms with Crippen molar-refractivity contribution in [3.05, 3.63) is 33.8 Å². The van der Waals surface area contributed by atoms with Gasteiger partial charge in [0.1, 0.15) is 5.15 Å². The predicted molar refractivity (Wildman–Crippen MR) is 59.8 cm³/mol. The van der Waals surface area contributed by atoms with Crippen molar-refractivity contribution < 1.29 is 0 Å². The van der Waals surface area contributed by atoms with E-state index in [9.17, 15) is 0 Å². The molecule has 0 saturated carbocycles. The highest BCUT2D eigenvalue weighted by Crippen LogP contribution is 2.12. The maximum Gasteiger partial charge on any atom is 0.224 e. The molecule has 0 aliphatic heterocycles. The number of halogens is 2. The average molecular weight is 231 g/mol. The Hall–Kier alpha value is -0.600. The minimum absolute atomic E-state index is 0.213. The standard InChI is InChI=1S/C10H12Cl2N2/c1-7(2)4-3-5-8-6-9(11)14-10(12)13-8/h4,6H,3,5H2,1-2H3. The van der Waals surface area contributed by atoms with E-state index >= 15 is 0 Å². The molecule has 0 atom stereocenters. The third-order valence-electron chi connectivity index (χ3n) is 1.67. The Morgan fingerprint density at radius 3 is 2.64 bits per heavy atom. The molecular weight excluding hydrogens is 219 g/mol. The van der Waals surface area contributed by atoms with Crippen molar-refractivity contribution in [1.29, 1.82) is 0 Å². The first-order valence-electron chi connectivity index (χ1n) is 4.40. The number of aryl methyl sites for hydroxylation is 1. The highest BCUT2D eigenvalue weighted by molar-refractivity contribution is 6.31. The van der Waals surface area contributed by atoms with E-state index in [1.807, 2.05) is 0 Å². The zero-order valence-corrected chi connectivity index (χ0v) is 9.73. The summed E-state index contributed by atoms with van der Waals surface area (Å²) in [6.45, 7) is 4.14. The van der Waals surface area contributed by atoms with E-state index < -0.39 is 0 Å². The van der Waals surface area contributed by atoms with E-state index in [1.165, 1.54) is 5.57 Å². The van der Waals surface area contributed by atoms with Crippen LogP contribution in [0.3, 0.4) is 0 Å². The van der Waals surface area contributed by atoms with Gasteiger partial charge < -0.3 is 0 Å². The van der Waals surface area contributed by atoms with Gasteiger partial charge in [0, 0.05) is 5.69 Å². The van der Waals surface area contributed by atoms with Gasteiger partial charge in [-0.2, -0.15) is 0 Å². The third-order valence-corrected chi connectivity index (χ3v) is 2.04. The smallest absolute Gasteiger partial charge is 0.223 e. The summed E-state index contributed by atoms with van der Waals surface area (Å²) in [7, 11) is 0. The van der Waals surface area contributed by atoms with Crippen molar-refractivity contribution in [3.63, 3.8) is 0 Å². The molecule has 0 aliphatic rings. The van der Waals surface area contributed by atoms with Crippen LogP contribution in [-0.4, -0.2) is 9.97 Å². The van der Waals surface area contributed by atoms with Gasteiger partial charge >= 0.3 is 0 Å². The van der Waals surface area contributed by atoms with E-state index in [1.54, 1.807) is 6.07 Å². The summed E-state index contributed by atoms with van der Waals surface area (Å²) in [4.78, 5) is 7.85. The molecule has 0 saturated heterocycles. The minimum atomic E-state index is 0.213. The molecule has 0 N–H and O–H groups in total. The van der Waals surface area contributed by atoms with Crippen LogP contribution < -0.4 is 0 Å². The van der Waals surface area contributed by atoms with Gasteiger partial charge in [0.15, 0.2) is 0 Å². The van der Waals surface area contributed by atoms with E-state index in [2.05, 4.69) is 29.9 Å². The van der Waals surface area contributed by atoms with Gasteiger partial charge in [0.25, 0.3) is 0 Å². The fourth-order valence-corrected chi connectivity index (χ4v) is 1.52. The molecule has 2 nitrogen and oxygen atoms in total. The fraction of sp³-hybridized carbons (Fsp3) is 0.400. The first kappa shape index (κ1) is 11.5. The topological polar surface area (TPSA) is 25.8 Å². The van der Waals surface area contributed by atoms with Gasteiger partial charge in [0.05, 0.1) is 0 Å². The van der Waals surface area contributed by atoms with E-state index in [0.29, 0.717) is 5.15 Å². The second-order valence-electron chi connectivity index (χ2n) is 3.27. The Bertz CT molecular complexity index is 324. The van der Waals surface area contributed by atoms with Crippen LogP contribution in [0.25, 0.3) is 0 Å². The molecule has 14 heavy (non-hydrogen) atoms. The van der Waals surface area contributed by atoms with Gasteiger partial charge in [-0.15, -0.1) is 0 Å². The second-order valence-corrected chi connectivity index (χ2v) is 4.00. The zero-order chi connectivity index (χ0) is 10.6. The Labute approximate surface area is 94.0 Å². The van der Waals surface area contributed by atoms with Gasteiger partial charge in [0.2, 0.25) is 5.28 Å². The summed E-state index contributed by atoms with van der Waals surface area (Å²) in [6, 6.07) is 1.74. The largest absolute Gasteiger partial charge is 0.224 e. The number of allylic oxidation sites excluding steroid dienone is 2. The molecule has 0 bridgehead atoms. The quantitative estimate of drug-likeness (QED) is 0.450. The molecule has 0 unspecified atom stereocenters. The van der Waals surface area contributed by atoms with Crippen LogP contribution in [0.2, 0.25) is 10.4 Å². The van der Waals surface area contributed by atoms with E-state index in [-0.39, 0.29) is 5.28 Å². The fourth-order valence-electron chi connectivity index (χ4n) is 1.07. The van der Waals surface area contributed by atoms with Crippen LogP contribution in [0.4, 0.5) is 0 Å². The van der Waals surface area contributed by atoms with Crippen LogP contribution in [0.15, 0.2) is 17.7 Å². The lowest BCUT2D eigenvalue weighted by Gasteiger charge is -1.99. The van der Waals surface area contributed by atoms with Crippen LogP contribution in [0, 0.1) is 0 Å². The monoisotopic (exact) mass is 230 g/mol. The Balaban J connectivity index is 2.63. The molecule has 1 rings (SSSR count). The van der Waals surface area contributed by atoms with Crippen molar-refractivity contribution in [2.24, 2.45) is 0 Å². The Morgan fingerprint density at radius 2 is 2.07 bits per heavy atom. The molecule has 0 radical (unpaired) electrons. The summed E-state index contributed by atoms with van der Waals surface area (Å²) in [6.07, 6.45) is 3.95. The van der Waals surface area contributed by atoms with E-state index in [0.717, 1.165) is 18.5 Å². The first-order chi connectivity index (χ1) is 6.58. The predicted octanol–water partition coefficient (Wildman–Crippen LogP) is 3.68. The molecule has 1 aromatic rings. The summed E-state index contributed by atoms with van der Waals surface area (Å²) >= 11 is 11.4. The molecule has 0 spiro atoms. The van der Waals surface area contributed by atoms with Gasteiger partial charge in [-0.1, -0.05) is 23.3 Å². The highest BCUT2D eigenvalue weighted by Gasteiger charge is 1.99. The normalized spacial score (nSPS) is 10.0. The number of nitrogens with zero attached hydrogens (tertiary/aromatic N) is 2. The molecule has 1 heterocycles. The second kappa shape index (κ2) is 5.32. The first-order valence-corrected chi connectivity index (χ1v) is 5.16. The van der Waals surface area contributed by atoms with Gasteiger partial charge in [-0.05, 0) is 44.4 Å². The molecule has 0 aromatic carbocycles. The maximum atomic E-state index is 5.74. The average Bonchev–Trinajstić information content (AvgIpc) is 2.01. The highest BCUT2D eigenvalue weighted by atomic mass is 35.5. The third kappa shape index (κ3) is 4.07. The minimum Gasteiger partial charge on any atom is -0.223 e. The summed E-state index contributed by atoms with van der Waals surface area (Å²) in [5.41, 5.74) is 2.18. The summed E-state index contributed by atoms with van der Waals surface area (Å²) in [5.74, 6) is 0. The maximum absolute atomic E-state index is 5.74. The van der Waals surface area contributed by atoms with Gasteiger partial charge in [-0.25, -0.2) is 9.97 Å². The zero-order valence-electron chi connectivity index (χ0n) is 8.22.